The van der Waals surface area contributed by atoms with Crippen molar-refractivity contribution >= 4 is 0 Å². The van der Waals surface area contributed by atoms with Crippen LogP contribution in [0.3, 0.4) is 0 Å². The van der Waals surface area contributed by atoms with Crippen LogP contribution in [0, 0.1) is 0 Å². The number of hydrogen-bond acceptors (Lipinski definition) is 2. The minimum absolute atomic E-state index is 0.212. The molecule has 0 heterocycles. The van der Waals surface area contributed by atoms with Crippen molar-refractivity contribution < 1.29 is 10.2 Å². The Labute approximate surface area is 107 Å². The number of benzene rings is 2. The molecular formula is C16H16O2. The highest BCUT2D eigenvalue weighted by molar-refractivity contribution is 5.76. The lowest BCUT2D eigenvalue weighted by Crippen LogP contribution is -2.02. The minimum Gasteiger partial charge on any atom is -0.507 e. The molecule has 2 aromatic carbocycles. The highest BCUT2D eigenvalue weighted by Gasteiger charge is 2.15. The Morgan fingerprint density at radius 1 is 0.722 bits per heavy atom. The van der Waals surface area contributed by atoms with Crippen LogP contribution in [0.25, 0.3) is 11.1 Å². The predicted octanol–water partition coefficient (Wildman–Crippen LogP) is 3.64. The quantitative estimate of drug-likeness (QED) is 0.798. The summed E-state index contributed by atoms with van der Waals surface area (Å²) in [5.41, 5.74) is 3.98. The fourth-order valence-corrected chi connectivity index (χ4v) is 2.69. The molecule has 92 valence electrons. The van der Waals surface area contributed by atoms with E-state index in [1.807, 2.05) is 24.3 Å². The summed E-state index contributed by atoms with van der Waals surface area (Å²) in [5, 5.41) is 20.0. The molecule has 2 N–H and O–H groups in total. The van der Waals surface area contributed by atoms with Gasteiger partial charge in [-0.25, -0.2) is 0 Å². The Morgan fingerprint density at radius 2 is 1.39 bits per heavy atom. The number of fused-ring (bicyclic) bond motifs is 1. The SMILES string of the molecule is Oc1ccccc1-c1cc2c(cc1O)CCCC2. The van der Waals surface area contributed by atoms with Crippen LogP contribution < -0.4 is 0 Å². The van der Waals surface area contributed by atoms with Crippen molar-refractivity contribution in [2.75, 3.05) is 0 Å². The Bertz CT molecular complexity index is 588. The molecule has 0 unspecified atom stereocenters. The van der Waals surface area contributed by atoms with Gasteiger partial charge in [0.25, 0.3) is 0 Å². The van der Waals surface area contributed by atoms with Crippen molar-refractivity contribution in [3.05, 3.63) is 47.5 Å². The summed E-state index contributed by atoms with van der Waals surface area (Å²) in [6.45, 7) is 0. The molecule has 0 saturated carbocycles. The van der Waals surface area contributed by atoms with Crippen molar-refractivity contribution in [2.45, 2.75) is 25.7 Å². The molecule has 0 spiro atoms. The fraction of sp³-hybridized carbons (Fsp3) is 0.250. The van der Waals surface area contributed by atoms with Gasteiger partial charge in [0.2, 0.25) is 0 Å². The van der Waals surface area contributed by atoms with Crippen LogP contribution in [-0.2, 0) is 12.8 Å². The molecule has 0 atom stereocenters. The van der Waals surface area contributed by atoms with Crippen molar-refractivity contribution in [3.8, 4) is 22.6 Å². The number of para-hydroxylation sites is 1. The smallest absolute Gasteiger partial charge is 0.123 e. The summed E-state index contributed by atoms with van der Waals surface area (Å²) in [6, 6.07) is 11.0. The number of aryl methyl sites for hydroxylation is 2. The topological polar surface area (TPSA) is 40.5 Å². The molecule has 18 heavy (non-hydrogen) atoms. The maximum atomic E-state index is 10.1. The molecule has 2 aromatic rings. The summed E-state index contributed by atoms with van der Waals surface area (Å²) in [4.78, 5) is 0. The van der Waals surface area contributed by atoms with E-state index < -0.39 is 0 Å². The molecule has 3 rings (SSSR count). The normalized spacial score (nSPS) is 14.2. The average Bonchev–Trinajstić information content (AvgIpc) is 2.39. The van der Waals surface area contributed by atoms with Gasteiger partial charge in [-0.1, -0.05) is 18.2 Å². The van der Waals surface area contributed by atoms with Gasteiger partial charge in [-0.15, -0.1) is 0 Å². The second kappa shape index (κ2) is 4.37. The van der Waals surface area contributed by atoms with E-state index in [2.05, 4.69) is 0 Å². The first-order valence-electron chi connectivity index (χ1n) is 6.39. The van der Waals surface area contributed by atoms with Crippen molar-refractivity contribution in [2.24, 2.45) is 0 Å². The van der Waals surface area contributed by atoms with Crippen LogP contribution in [0.15, 0.2) is 36.4 Å². The molecule has 1 aliphatic carbocycles. The van der Waals surface area contributed by atoms with Gasteiger partial charge in [0.05, 0.1) is 0 Å². The van der Waals surface area contributed by atoms with Crippen molar-refractivity contribution in [1.82, 2.24) is 0 Å². The van der Waals surface area contributed by atoms with Crippen LogP contribution in [-0.4, -0.2) is 10.2 Å². The maximum absolute atomic E-state index is 10.1. The maximum Gasteiger partial charge on any atom is 0.123 e. The molecule has 2 heteroatoms. The zero-order valence-corrected chi connectivity index (χ0v) is 10.2. The third-order valence-corrected chi connectivity index (χ3v) is 3.65. The van der Waals surface area contributed by atoms with Crippen molar-refractivity contribution in [3.63, 3.8) is 0 Å². The zero-order valence-electron chi connectivity index (χ0n) is 10.2. The summed E-state index contributed by atoms with van der Waals surface area (Å²) in [7, 11) is 0. The first kappa shape index (κ1) is 11.1. The summed E-state index contributed by atoms with van der Waals surface area (Å²) < 4.78 is 0. The molecule has 2 nitrogen and oxygen atoms in total. The summed E-state index contributed by atoms with van der Waals surface area (Å²) >= 11 is 0. The second-order valence-corrected chi connectivity index (χ2v) is 4.86. The van der Waals surface area contributed by atoms with Crippen LogP contribution in [0.1, 0.15) is 24.0 Å². The van der Waals surface area contributed by atoms with E-state index in [9.17, 15) is 10.2 Å². The van der Waals surface area contributed by atoms with Crippen molar-refractivity contribution in [1.29, 1.82) is 0 Å². The van der Waals surface area contributed by atoms with Gasteiger partial charge < -0.3 is 10.2 Å². The van der Waals surface area contributed by atoms with E-state index in [4.69, 9.17) is 0 Å². The molecular weight excluding hydrogens is 224 g/mol. The molecule has 0 aromatic heterocycles. The van der Waals surface area contributed by atoms with Gasteiger partial charge in [-0.05, 0) is 55.0 Å². The third-order valence-electron chi connectivity index (χ3n) is 3.65. The number of phenolic OH excluding ortho intramolecular Hbond substituents is 2. The van der Waals surface area contributed by atoms with Gasteiger partial charge in [0, 0.05) is 11.1 Å². The van der Waals surface area contributed by atoms with Gasteiger partial charge in [0.1, 0.15) is 11.5 Å². The second-order valence-electron chi connectivity index (χ2n) is 4.86. The lowest BCUT2D eigenvalue weighted by molar-refractivity contribution is 0.468. The highest BCUT2D eigenvalue weighted by atomic mass is 16.3. The monoisotopic (exact) mass is 240 g/mol. The first-order chi connectivity index (χ1) is 8.75. The van der Waals surface area contributed by atoms with E-state index in [1.165, 1.54) is 24.0 Å². The van der Waals surface area contributed by atoms with Crippen LogP contribution in [0.2, 0.25) is 0 Å². The summed E-state index contributed by atoms with van der Waals surface area (Å²) in [6.07, 6.45) is 4.51. The number of phenols is 2. The van der Waals surface area contributed by atoms with E-state index in [1.54, 1.807) is 12.1 Å². The third kappa shape index (κ3) is 1.84. The van der Waals surface area contributed by atoms with Gasteiger partial charge >= 0.3 is 0 Å². The fourth-order valence-electron chi connectivity index (χ4n) is 2.69. The van der Waals surface area contributed by atoms with Gasteiger partial charge in [-0.3, -0.25) is 0 Å². The Balaban J connectivity index is 2.15. The largest absolute Gasteiger partial charge is 0.507 e. The molecule has 0 radical (unpaired) electrons. The lowest BCUT2D eigenvalue weighted by Gasteiger charge is -2.18. The number of rotatable bonds is 1. The average molecular weight is 240 g/mol. The first-order valence-corrected chi connectivity index (χ1v) is 6.39. The van der Waals surface area contributed by atoms with E-state index in [0.717, 1.165) is 18.4 Å². The van der Waals surface area contributed by atoms with E-state index >= 15 is 0 Å². The zero-order chi connectivity index (χ0) is 12.5. The van der Waals surface area contributed by atoms with E-state index in [-0.39, 0.29) is 11.5 Å². The Morgan fingerprint density at radius 3 is 2.11 bits per heavy atom. The molecule has 0 fully saturated rings. The Kier molecular flexibility index (Phi) is 2.71. The number of aromatic hydroxyl groups is 2. The molecule has 0 saturated heterocycles. The van der Waals surface area contributed by atoms with Crippen LogP contribution in [0.5, 0.6) is 11.5 Å². The lowest BCUT2D eigenvalue weighted by atomic mass is 9.88. The standard InChI is InChI=1S/C16H16O2/c17-15-8-4-3-7-13(15)14-9-11-5-1-2-6-12(11)10-16(14)18/h3-4,7-10,17-18H,1-2,5-6H2. The van der Waals surface area contributed by atoms with Crippen LogP contribution >= 0.6 is 0 Å². The van der Waals surface area contributed by atoms with Crippen LogP contribution in [0.4, 0.5) is 0 Å². The van der Waals surface area contributed by atoms with Gasteiger partial charge in [-0.2, -0.15) is 0 Å². The van der Waals surface area contributed by atoms with E-state index in [0.29, 0.717) is 5.56 Å². The highest BCUT2D eigenvalue weighted by Crippen LogP contribution is 2.38. The minimum atomic E-state index is 0.212. The Hall–Kier alpha value is -1.96. The molecule has 0 amide bonds. The van der Waals surface area contributed by atoms with Gasteiger partial charge in [0.15, 0.2) is 0 Å². The predicted molar refractivity (Wildman–Crippen MR) is 71.8 cm³/mol. The summed E-state index contributed by atoms with van der Waals surface area (Å²) in [5.74, 6) is 0.473. The number of hydrogen-bond donors (Lipinski definition) is 2. The molecule has 0 bridgehead atoms. The molecule has 1 aliphatic rings. The molecule has 0 aliphatic heterocycles.